The summed E-state index contributed by atoms with van der Waals surface area (Å²) in [6, 6.07) is 4.22. The second-order valence-electron chi connectivity index (χ2n) is 8.40. The Bertz CT molecular complexity index is 964. The molecule has 0 bridgehead atoms. The summed E-state index contributed by atoms with van der Waals surface area (Å²) >= 11 is 0. The fourth-order valence-corrected chi connectivity index (χ4v) is 3.64. The van der Waals surface area contributed by atoms with Crippen molar-refractivity contribution in [1.82, 2.24) is 24.3 Å². The third-order valence-corrected chi connectivity index (χ3v) is 5.20. The molecule has 0 N–H and O–H groups in total. The van der Waals surface area contributed by atoms with Crippen molar-refractivity contribution in [2.45, 2.75) is 59.5 Å². The first-order valence-electron chi connectivity index (χ1n) is 9.34. The number of nitrogens with zero attached hydrogens (tertiary/aromatic N) is 5. The summed E-state index contributed by atoms with van der Waals surface area (Å²) in [5.41, 5.74) is 7.14. The molecule has 136 valence electrons. The van der Waals surface area contributed by atoms with E-state index in [4.69, 9.17) is 9.97 Å². The summed E-state index contributed by atoms with van der Waals surface area (Å²) in [5, 5.41) is 0. The number of aryl methyl sites for hydroxylation is 2. The van der Waals surface area contributed by atoms with Gasteiger partial charge >= 0.3 is 0 Å². The lowest BCUT2D eigenvalue weighted by molar-refractivity contribution is 0.238. The first-order chi connectivity index (χ1) is 12.3. The van der Waals surface area contributed by atoms with Crippen molar-refractivity contribution in [2.75, 3.05) is 6.54 Å². The molecule has 0 radical (unpaired) electrons. The van der Waals surface area contributed by atoms with Gasteiger partial charge in [-0.2, -0.15) is 0 Å². The standard InChI is InChI=1S/C21H27N5/c1-14-7-6-9-26-18(15(2)23-19(14)26)13-25-10-8-17-16(12-25)11-22-20(24-17)21(3,4)5/h6-7,9,11H,8,10,12-13H2,1-5H3. The van der Waals surface area contributed by atoms with Gasteiger partial charge in [0.2, 0.25) is 0 Å². The number of hydrogen-bond acceptors (Lipinski definition) is 4. The van der Waals surface area contributed by atoms with Gasteiger partial charge in [0, 0.05) is 55.1 Å². The maximum absolute atomic E-state index is 4.84. The molecule has 0 spiro atoms. The van der Waals surface area contributed by atoms with Crippen LogP contribution in [0.15, 0.2) is 24.5 Å². The summed E-state index contributed by atoms with van der Waals surface area (Å²) < 4.78 is 2.24. The third kappa shape index (κ3) is 3.01. The smallest absolute Gasteiger partial charge is 0.140 e. The Morgan fingerprint density at radius 2 is 1.96 bits per heavy atom. The monoisotopic (exact) mass is 349 g/mol. The van der Waals surface area contributed by atoms with E-state index in [1.807, 2.05) is 6.20 Å². The number of hydrogen-bond donors (Lipinski definition) is 0. The van der Waals surface area contributed by atoms with E-state index < -0.39 is 0 Å². The van der Waals surface area contributed by atoms with Gasteiger partial charge in [-0.3, -0.25) is 4.90 Å². The molecule has 0 saturated heterocycles. The number of rotatable bonds is 2. The zero-order valence-electron chi connectivity index (χ0n) is 16.4. The minimum absolute atomic E-state index is 0.00233. The Hall–Kier alpha value is -2.27. The van der Waals surface area contributed by atoms with Gasteiger partial charge in [-0.1, -0.05) is 26.8 Å². The van der Waals surface area contributed by atoms with Crippen LogP contribution in [0.1, 0.15) is 54.8 Å². The molecule has 26 heavy (non-hydrogen) atoms. The van der Waals surface area contributed by atoms with Gasteiger partial charge in [0.15, 0.2) is 0 Å². The molecular formula is C21H27N5. The van der Waals surface area contributed by atoms with Crippen LogP contribution in [0.25, 0.3) is 5.65 Å². The normalized spacial score (nSPS) is 15.4. The Balaban J connectivity index is 1.59. The van der Waals surface area contributed by atoms with E-state index in [9.17, 15) is 0 Å². The Labute approximate surface area is 155 Å². The maximum atomic E-state index is 4.84. The topological polar surface area (TPSA) is 46.3 Å². The molecule has 0 unspecified atom stereocenters. The van der Waals surface area contributed by atoms with E-state index in [1.54, 1.807) is 0 Å². The van der Waals surface area contributed by atoms with Gasteiger partial charge in [0.05, 0.1) is 11.4 Å². The van der Waals surface area contributed by atoms with Crippen molar-refractivity contribution in [2.24, 2.45) is 0 Å². The molecule has 3 aromatic heterocycles. The molecule has 0 aromatic carbocycles. The second-order valence-corrected chi connectivity index (χ2v) is 8.40. The fraction of sp³-hybridized carbons (Fsp3) is 0.476. The second kappa shape index (κ2) is 6.16. The molecule has 3 aromatic rings. The lowest BCUT2D eigenvalue weighted by atomic mass is 9.95. The molecule has 0 saturated carbocycles. The fourth-order valence-electron chi connectivity index (χ4n) is 3.64. The van der Waals surface area contributed by atoms with Crippen LogP contribution in [-0.4, -0.2) is 30.8 Å². The largest absolute Gasteiger partial charge is 0.302 e. The summed E-state index contributed by atoms with van der Waals surface area (Å²) in [4.78, 5) is 16.7. The van der Waals surface area contributed by atoms with Gasteiger partial charge in [0.25, 0.3) is 0 Å². The summed E-state index contributed by atoms with van der Waals surface area (Å²) in [7, 11) is 0. The van der Waals surface area contributed by atoms with Crippen molar-refractivity contribution in [3.8, 4) is 0 Å². The molecule has 4 rings (SSSR count). The molecular weight excluding hydrogens is 322 g/mol. The van der Waals surface area contributed by atoms with Crippen LogP contribution in [-0.2, 0) is 24.9 Å². The van der Waals surface area contributed by atoms with Gasteiger partial charge in [0.1, 0.15) is 11.5 Å². The summed E-state index contributed by atoms with van der Waals surface area (Å²) in [5.74, 6) is 0.942. The van der Waals surface area contributed by atoms with Crippen LogP contribution in [0.3, 0.4) is 0 Å². The molecule has 0 aliphatic carbocycles. The van der Waals surface area contributed by atoms with E-state index in [0.717, 1.165) is 43.2 Å². The number of pyridine rings is 1. The minimum atomic E-state index is -0.00233. The lowest BCUT2D eigenvalue weighted by Gasteiger charge is -2.29. The van der Waals surface area contributed by atoms with Crippen molar-refractivity contribution < 1.29 is 0 Å². The lowest BCUT2D eigenvalue weighted by Crippen LogP contribution is -2.32. The highest BCUT2D eigenvalue weighted by Gasteiger charge is 2.24. The van der Waals surface area contributed by atoms with Gasteiger partial charge in [-0.25, -0.2) is 15.0 Å². The maximum Gasteiger partial charge on any atom is 0.140 e. The third-order valence-electron chi connectivity index (χ3n) is 5.20. The average molecular weight is 349 g/mol. The van der Waals surface area contributed by atoms with Crippen LogP contribution >= 0.6 is 0 Å². The summed E-state index contributed by atoms with van der Waals surface area (Å²) in [6.07, 6.45) is 5.13. The molecule has 4 heterocycles. The van der Waals surface area contributed by atoms with Gasteiger partial charge < -0.3 is 4.40 Å². The first kappa shape index (κ1) is 17.2. The molecule has 0 fully saturated rings. The highest BCUT2D eigenvalue weighted by atomic mass is 15.2. The highest BCUT2D eigenvalue weighted by Crippen LogP contribution is 2.24. The van der Waals surface area contributed by atoms with Crippen molar-refractivity contribution >= 4 is 5.65 Å². The number of aromatic nitrogens is 4. The average Bonchev–Trinajstić information content (AvgIpc) is 2.91. The van der Waals surface area contributed by atoms with Crippen molar-refractivity contribution in [3.63, 3.8) is 0 Å². The highest BCUT2D eigenvalue weighted by molar-refractivity contribution is 5.50. The zero-order valence-corrected chi connectivity index (χ0v) is 16.4. The molecule has 0 atom stereocenters. The predicted molar refractivity (Wildman–Crippen MR) is 103 cm³/mol. The SMILES string of the molecule is Cc1nc2c(C)cccn2c1CN1CCc2nc(C(C)(C)C)ncc2C1. The molecule has 0 amide bonds. The number of imidazole rings is 1. The zero-order chi connectivity index (χ0) is 18.5. The Kier molecular flexibility index (Phi) is 4.07. The van der Waals surface area contributed by atoms with E-state index in [-0.39, 0.29) is 5.41 Å². The Morgan fingerprint density at radius 1 is 1.15 bits per heavy atom. The van der Waals surface area contributed by atoms with Crippen LogP contribution in [0.4, 0.5) is 0 Å². The van der Waals surface area contributed by atoms with Crippen molar-refractivity contribution in [1.29, 1.82) is 0 Å². The first-order valence-corrected chi connectivity index (χ1v) is 9.34. The van der Waals surface area contributed by atoms with Crippen LogP contribution < -0.4 is 0 Å². The predicted octanol–water partition coefficient (Wildman–Crippen LogP) is 3.60. The van der Waals surface area contributed by atoms with E-state index in [0.29, 0.717) is 0 Å². The Morgan fingerprint density at radius 3 is 2.73 bits per heavy atom. The van der Waals surface area contributed by atoms with Gasteiger partial charge in [-0.15, -0.1) is 0 Å². The van der Waals surface area contributed by atoms with E-state index in [1.165, 1.54) is 22.5 Å². The number of fused-ring (bicyclic) bond motifs is 2. The van der Waals surface area contributed by atoms with Crippen molar-refractivity contribution in [3.05, 3.63) is 58.6 Å². The van der Waals surface area contributed by atoms with Crippen LogP contribution in [0.5, 0.6) is 0 Å². The van der Waals surface area contributed by atoms with E-state index >= 15 is 0 Å². The van der Waals surface area contributed by atoms with Crippen LogP contribution in [0.2, 0.25) is 0 Å². The molecule has 1 aliphatic heterocycles. The molecule has 5 nitrogen and oxygen atoms in total. The minimum Gasteiger partial charge on any atom is -0.302 e. The molecule has 5 heteroatoms. The van der Waals surface area contributed by atoms with E-state index in [2.05, 4.69) is 67.2 Å². The quantitative estimate of drug-likeness (QED) is 0.709. The van der Waals surface area contributed by atoms with Gasteiger partial charge in [-0.05, 0) is 25.5 Å². The molecule has 1 aliphatic rings. The summed E-state index contributed by atoms with van der Waals surface area (Å²) in [6.45, 7) is 13.5. The van der Waals surface area contributed by atoms with Crippen LogP contribution in [0, 0.1) is 13.8 Å².